The number of hydrazone groups is 1. The summed E-state index contributed by atoms with van der Waals surface area (Å²) < 4.78 is 13.6. The number of hydrogen-bond acceptors (Lipinski definition) is 4. The van der Waals surface area contributed by atoms with E-state index in [-0.39, 0.29) is 5.91 Å². The second kappa shape index (κ2) is 8.96. The van der Waals surface area contributed by atoms with Crippen molar-refractivity contribution in [1.82, 2.24) is 9.99 Å². The van der Waals surface area contributed by atoms with E-state index in [0.29, 0.717) is 17.1 Å². The first kappa shape index (κ1) is 20.7. The second-order valence-electron chi connectivity index (χ2n) is 6.38. The van der Waals surface area contributed by atoms with Gasteiger partial charge in [0.1, 0.15) is 11.5 Å². The van der Waals surface area contributed by atoms with E-state index < -0.39 is 0 Å². The molecule has 1 N–H and O–H groups in total. The predicted octanol–water partition coefficient (Wildman–Crippen LogP) is 4.64. The fourth-order valence-electron chi connectivity index (χ4n) is 3.13. The molecule has 3 aromatic rings. The highest BCUT2D eigenvalue weighted by molar-refractivity contribution is 9.10. The van der Waals surface area contributed by atoms with E-state index in [9.17, 15) is 4.79 Å². The predicted molar refractivity (Wildman–Crippen MR) is 118 cm³/mol. The lowest BCUT2D eigenvalue weighted by Gasteiger charge is -2.11. The van der Waals surface area contributed by atoms with Crippen molar-refractivity contribution in [1.29, 1.82) is 0 Å². The van der Waals surface area contributed by atoms with Crippen LogP contribution in [0.1, 0.15) is 27.3 Å². The molecular formula is C22H22BrN3O3. The quantitative estimate of drug-likeness (QED) is 0.434. The van der Waals surface area contributed by atoms with Crippen molar-refractivity contribution in [2.75, 3.05) is 14.2 Å². The molecule has 1 heterocycles. The molecule has 0 bridgehead atoms. The van der Waals surface area contributed by atoms with Gasteiger partial charge in [0.2, 0.25) is 0 Å². The third kappa shape index (κ3) is 4.35. The van der Waals surface area contributed by atoms with Crippen LogP contribution in [0.25, 0.3) is 5.69 Å². The highest BCUT2D eigenvalue weighted by atomic mass is 79.9. The maximum absolute atomic E-state index is 12.5. The summed E-state index contributed by atoms with van der Waals surface area (Å²) >= 11 is 3.60. The van der Waals surface area contributed by atoms with E-state index in [1.807, 2.05) is 44.2 Å². The van der Waals surface area contributed by atoms with Gasteiger partial charge in [-0.15, -0.1) is 0 Å². The Bertz CT molecular complexity index is 1070. The maximum Gasteiger partial charge on any atom is 0.275 e. The smallest absolute Gasteiger partial charge is 0.275 e. The van der Waals surface area contributed by atoms with Crippen LogP contribution in [0.2, 0.25) is 0 Å². The van der Waals surface area contributed by atoms with Crippen LogP contribution < -0.4 is 14.9 Å². The van der Waals surface area contributed by atoms with Gasteiger partial charge in [-0.05, 0) is 60.1 Å². The van der Waals surface area contributed by atoms with E-state index in [2.05, 4.69) is 31.0 Å². The molecular weight excluding hydrogens is 434 g/mol. The van der Waals surface area contributed by atoms with E-state index >= 15 is 0 Å². The summed E-state index contributed by atoms with van der Waals surface area (Å²) in [4.78, 5) is 12.5. The minimum absolute atomic E-state index is 0.361. The van der Waals surface area contributed by atoms with Gasteiger partial charge < -0.3 is 14.0 Å². The number of aromatic nitrogens is 1. The van der Waals surface area contributed by atoms with Gasteiger partial charge in [0.15, 0.2) is 0 Å². The molecule has 29 heavy (non-hydrogen) atoms. The Morgan fingerprint density at radius 3 is 2.55 bits per heavy atom. The van der Waals surface area contributed by atoms with Crippen LogP contribution in [0.5, 0.6) is 11.5 Å². The molecule has 0 spiro atoms. The van der Waals surface area contributed by atoms with Crippen molar-refractivity contribution >= 4 is 28.1 Å². The van der Waals surface area contributed by atoms with Crippen molar-refractivity contribution in [3.8, 4) is 17.2 Å². The Kier molecular flexibility index (Phi) is 6.39. The number of hydrogen-bond donors (Lipinski definition) is 1. The molecule has 0 unspecified atom stereocenters. The SMILES string of the molecule is COc1ccc(C(=O)NN=Cc2cc(C)n(-c3ccccc3Br)c2C)c(OC)c1. The molecule has 0 aliphatic rings. The van der Waals surface area contributed by atoms with Crippen molar-refractivity contribution in [2.45, 2.75) is 13.8 Å². The number of amides is 1. The molecule has 7 heteroatoms. The van der Waals surface area contributed by atoms with E-state index in [1.54, 1.807) is 31.5 Å². The molecule has 6 nitrogen and oxygen atoms in total. The minimum Gasteiger partial charge on any atom is -0.497 e. The van der Waals surface area contributed by atoms with Gasteiger partial charge in [0.25, 0.3) is 5.91 Å². The molecule has 0 aliphatic heterocycles. The van der Waals surface area contributed by atoms with Crippen LogP contribution in [0.15, 0.2) is 58.1 Å². The number of rotatable bonds is 6. The lowest BCUT2D eigenvalue weighted by Crippen LogP contribution is -2.18. The summed E-state index contributed by atoms with van der Waals surface area (Å²) in [6, 6.07) is 15.0. The molecule has 150 valence electrons. The summed E-state index contributed by atoms with van der Waals surface area (Å²) in [5, 5.41) is 4.13. The van der Waals surface area contributed by atoms with Crippen LogP contribution in [0.3, 0.4) is 0 Å². The first-order valence-corrected chi connectivity index (χ1v) is 9.74. The Morgan fingerprint density at radius 2 is 1.86 bits per heavy atom. The van der Waals surface area contributed by atoms with Gasteiger partial charge >= 0.3 is 0 Å². The average molecular weight is 456 g/mol. The molecule has 0 saturated heterocycles. The molecule has 0 saturated carbocycles. The number of methoxy groups -OCH3 is 2. The summed E-state index contributed by atoms with van der Waals surface area (Å²) in [5.41, 5.74) is 6.99. The van der Waals surface area contributed by atoms with Gasteiger partial charge in [-0.2, -0.15) is 5.10 Å². The highest BCUT2D eigenvalue weighted by Gasteiger charge is 2.14. The number of nitrogens with zero attached hydrogens (tertiary/aromatic N) is 2. The number of halogens is 1. The van der Waals surface area contributed by atoms with Crippen molar-refractivity contribution < 1.29 is 14.3 Å². The summed E-state index contributed by atoms with van der Waals surface area (Å²) in [6.45, 7) is 4.05. The zero-order chi connectivity index (χ0) is 21.0. The Labute approximate surface area is 178 Å². The zero-order valence-corrected chi connectivity index (χ0v) is 18.3. The average Bonchev–Trinajstić information content (AvgIpc) is 3.01. The molecule has 3 rings (SSSR count). The second-order valence-corrected chi connectivity index (χ2v) is 7.23. The number of ether oxygens (including phenoxy) is 2. The van der Waals surface area contributed by atoms with Crippen LogP contribution in [-0.2, 0) is 0 Å². The van der Waals surface area contributed by atoms with Crippen molar-refractivity contribution in [3.05, 3.63) is 75.5 Å². The van der Waals surface area contributed by atoms with Gasteiger partial charge in [0.05, 0.1) is 31.7 Å². The highest BCUT2D eigenvalue weighted by Crippen LogP contribution is 2.26. The molecule has 1 aromatic heterocycles. The van der Waals surface area contributed by atoms with E-state index in [0.717, 1.165) is 27.1 Å². The Morgan fingerprint density at radius 1 is 1.10 bits per heavy atom. The Hall–Kier alpha value is -3.06. The zero-order valence-electron chi connectivity index (χ0n) is 16.7. The third-order valence-electron chi connectivity index (χ3n) is 4.59. The summed E-state index contributed by atoms with van der Waals surface area (Å²) in [6.07, 6.45) is 1.64. The molecule has 0 aliphatic carbocycles. The minimum atomic E-state index is -0.361. The molecule has 0 fully saturated rings. The number of nitrogens with one attached hydrogen (secondary N) is 1. The third-order valence-corrected chi connectivity index (χ3v) is 5.26. The molecule has 2 aromatic carbocycles. The van der Waals surface area contributed by atoms with Crippen LogP contribution in [-0.4, -0.2) is 30.9 Å². The molecule has 0 radical (unpaired) electrons. The van der Waals surface area contributed by atoms with Crippen molar-refractivity contribution in [3.63, 3.8) is 0 Å². The number of para-hydroxylation sites is 1. The summed E-state index contributed by atoms with van der Waals surface area (Å²) in [5.74, 6) is 0.672. The normalized spacial score (nSPS) is 10.9. The fourth-order valence-corrected chi connectivity index (χ4v) is 3.59. The van der Waals surface area contributed by atoms with Gasteiger partial charge in [-0.1, -0.05) is 12.1 Å². The lowest BCUT2D eigenvalue weighted by atomic mass is 10.2. The molecule has 1 amide bonds. The standard InChI is InChI=1S/C22H22BrN3O3/c1-14-11-16(15(2)26(14)20-8-6-5-7-19(20)23)13-24-25-22(27)18-10-9-17(28-3)12-21(18)29-4/h5-13H,1-4H3,(H,25,27). The number of aryl methyl sites for hydroxylation is 1. The van der Waals surface area contributed by atoms with Crippen molar-refractivity contribution in [2.24, 2.45) is 5.10 Å². The number of carbonyl (C=O) groups is 1. The van der Waals surface area contributed by atoms with Gasteiger partial charge in [-0.25, -0.2) is 5.43 Å². The monoisotopic (exact) mass is 455 g/mol. The van der Waals surface area contributed by atoms with Crippen LogP contribution in [0, 0.1) is 13.8 Å². The van der Waals surface area contributed by atoms with Gasteiger partial charge in [0, 0.05) is 27.5 Å². The fraction of sp³-hybridized carbons (Fsp3) is 0.182. The first-order chi connectivity index (χ1) is 14.0. The van der Waals surface area contributed by atoms with E-state index in [1.165, 1.54) is 7.11 Å². The molecule has 0 atom stereocenters. The van der Waals surface area contributed by atoms with Gasteiger partial charge in [-0.3, -0.25) is 4.79 Å². The number of benzene rings is 2. The topological polar surface area (TPSA) is 64.8 Å². The van der Waals surface area contributed by atoms with E-state index in [4.69, 9.17) is 9.47 Å². The van der Waals surface area contributed by atoms with Crippen LogP contribution >= 0.6 is 15.9 Å². The summed E-state index contributed by atoms with van der Waals surface area (Å²) in [7, 11) is 3.06. The largest absolute Gasteiger partial charge is 0.497 e. The van der Waals surface area contributed by atoms with Crippen LogP contribution in [0.4, 0.5) is 0 Å². The first-order valence-electron chi connectivity index (χ1n) is 8.95. The maximum atomic E-state index is 12.5. The lowest BCUT2D eigenvalue weighted by molar-refractivity contribution is 0.0952. The number of carbonyl (C=O) groups excluding carboxylic acids is 1. The Balaban J connectivity index is 1.81.